The lowest BCUT2D eigenvalue weighted by Crippen LogP contribution is -2.40. The van der Waals surface area contributed by atoms with Crippen LogP contribution in [-0.4, -0.2) is 59.8 Å². The maximum atomic E-state index is 12.9. The molecule has 8 heteroatoms. The van der Waals surface area contributed by atoms with E-state index in [-0.39, 0.29) is 12.5 Å². The van der Waals surface area contributed by atoms with Gasteiger partial charge in [0.05, 0.1) is 11.0 Å². The van der Waals surface area contributed by atoms with Gasteiger partial charge in [0.2, 0.25) is 0 Å². The van der Waals surface area contributed by atoms with Crippen molar-refractivity contribution in [3.8, 4) is 6.07 Å². The molecule has 2 heterocycles. The quantitative estimate of drug-likeness (QED) is 0.330. The number of benzene rings is 1. The lowest BCUT2D eigenvalue weighted by atomic mass is 10.1. The third kappa shape index (κ3) is 5.93. The van der Waals surface area contributed by atoms with Crippen molar-refractivity contribution in [1.29, 1.82) is 5.26 Å². The van der Waals surface area contributed by atoms with E-state index in [0.29, 0.717) is 11.4 Å². The first-order valence-corrected chi connectivity index (χ1v) is 11.9. The van der Waals surface area contributed by atoms with E-state index in [9.17, 15) is 14.9 Å². The zero-order valence-electron chi connectivity index (χ0n) is 18.5. The summed E-state index contributed by atoms with van der Waals surface area (Å²) in [5, 5.41) is 12.1. The first-order chi connectivity index (χ1) is 15.6. The summed E-state index contributed by atoms with van der Waals surface area (Å²) in [7, 11) is 0. The van der Waals surface area contributed by atoms with Gasteiger partial charge >= 0.3 is 5.97 Å². The number of nitrogens with one attached hydrogen (secondary N) is 1. The fourth-order valence-corrected chi connectivity index (χ4v) is 5.18. The Labute approximate surface area is 194 Å². The van der Waals surface area contributed by atoms with Gasteiger partial charge in [-0.3, -0.25) is 9.59 Å². The zero-order chi connectivity index (χ0) is 22.9. The molecule has 1 amide bonds. The van der Waals surface area contributed by atoms with Crippen molar-refractivity contribution >= 4 is 29.3 Å². The van der Waals surface area contributed by atoms with Crippen LogP contribution in [0.3, 0.4) is 0 Å². The number of rotatable bonds is 10. The van der Waals surface area contributed by atoms with E-state index in [0.717, 1.165) is 18.7 Å². The maximum Gasteiger partial charge on any atom is 0.326 e. The fourth-order valence-electron chi connectivity index (χ4n) is 3.89. The molecule has 1 aromatic carbocycles. The number of nitrogens with zero attached hydrogens (tertiary/aromatic N) is 3. The molecule has 32 heavy (non-hydrogen) atoms. The van der Waals surface area contributed by atoms with Crippen LogP contribution in [0.25, 0.3) is 0 Å². The van der Waals surface area contributed by atoms with E-state index in [1.54, 1.807) is 6.20 Å². The van der Waals surface area contributed by atoms with E-state index >= 15 is 0 Å². The summed E-state index contributed by atoms with van der Waals surface area (Å²) in [5.74, 6) is -1.91. The lowest BCUT2D eigenvalue weighted by molar-refractivity contribution is -0.146. The Kier molecular flexibility index (Phi) is 8.77. The summed E-state index contributed by atoms with van der Waals surface area (Å²) >= 11 is 1.22. The second-order valence-corrected chi connectivity index (χ2v) is 8.94. The summed E-state index contributed by atoms with van der Waals surface area (Å²) in [5.41, 5.74) is 2.15. The Morgan fingerprint density at radius 3 is 2.91 bits per heavy atom. The standard InChI is InChI=1S/C24H30N4O3S/c1-3-14-31-24(30)20(16-25)23-28(4-2)22(29)21(32-23)17-26-19-9-7-8-18(15-19)10-13-27-11-5-6-12-27/h3,7-9,15,17,20,23,26H,1,4-6,10-14H2,2H3/b21-17+/t20?,23-/m0/s1. The van der Waals surface area contributed by atoms with Gasteiger partial charge in [-0.15, -0.1) is 0 Å². The van der Waals surface area contributed by atoms with Gasteiger partial charge in [0.25, 0.3) is 5.91 Å². The summed E-state index contributed by atoms with van der Waals surface area (Å²) in [6.07, 6.45) is 6.68. The van der Waals surface area contributed by atoms with E-state index in [1.165, 1.54) is 54.2 Å². The highest BCUT2D eigenvalue weighted by atomic mass is 32.2. The molecule has 1 unspecified atom stereocenters. The fraction of sp³-hybridized carbons (Fsp3) is 0.458. The molecule has 1 N–H and O–H groups in total. The highest BCUT2D eigenvalue weighted by Crippen LogP contribution is 2.39. The van der Waals surface area contributed by atoms with E-state index in [1.807, 2.05) is 25.1 Å². The van der Waals surface area contributed by atoms with Crippen molar-refractivity contribution in [1.82, 2.24) is 9.80 Å². The highest BCUT2D eigenvalue weighted by Gasteiger charge is 2.43. The number of anilines is 1. The molecular weight excluding hydrogens is 424 g/mol. The van der Waals surface area contributed by atoms with Crippen LogP contribution < -0.4 is 5.32 Å². The molecule has 3 rings (SSSR count). The Bertz CT molecular complexity index is 905. The van der Waals surface area contributed by atoms with Gasteiger partial charge in [-0.2, -0.15) is 5.26 Å². The van der Waals surface area contributed by atoms with Gasteiger partial charge in [-0.1, -0.05) is 36.5 Å². The molecule has 2 saturated heterocycles. The molecule has 0 bridgehead atoms. The van der Waals surface area contributed by atoms with E-state index < -0.39 is 17.3 Å². The van der Waals surface area contributed by atoms with Gasteiger partial charge in [-0.25, -0.2) is 0 Å². The molecule has 0 aromatic heterocycles. The van der Waals surface area contributed by atoms with Gasteiger partial charge in [-0.05, 0) is 57.0 Å². The molecule has 1 aromatic rings. The first-order valence-electron chi connectivity index (χ1n) is 11.0. The van der Waals surface area contributed by atoms with Crippen LogP contribution in [0, 0.1) is 17.2 Å². The molecular formula is C24H30N4O3S. The maximum absolute atomic E-state index is 12.9. The number of thioether (sulfide) groups is 1. The Morgan fingerprint density at radius 2 is 2.22 bits per heavy atom. The third-order valence-electron chi connectivity index (χ3n) is 5.60. The van der Waals surface area contributed by atoms with Crippen LogP contribution in [0.5, 0.6) is 0 Å². The van der Waals surface area contributed by atoms with Crippen molar-refractivity contribution in [3.05, 3.63) is 53.6 Å². The Balaban J connectivity index is 1.65. The lowest BCUT2D eigenvalue weighted by Gasteiger charge is -2.24. The minimum Gasteiger partial charge on any atom is -0.460 e. The predicted octanol–water partition coefficient (Wildman–Crippen LogP) is 3.37. The Morgan fingerprint density at radius 1 is 1.44 bits per heavy atom. The molecule has 2 aliphatic heterocycles. The number of amides is 1. The summed E-state index contributed by atoms with van der Waals surface area (Å²) in [6, 6.07) is 10.2. The largest absolute Gasteiger partial charge is 0.460 e. The molecule has 0 aliphatic carbocycles. The minimum atomic E-state index is -1.07. The van der Waals surface area contributed by atoms with Crippen LogP contribution in [0.1, 0.15) is 25.3 Å². The van der Waals surface area contributed by atoms with Crippen molar-refractivity contribution in [2.24, 2.45) is 5.92 Å². The number of ether oxygens (including phenoxy) is 1. The summed E-state index contributed by atoms with van der Waals surface area (Å²) < 4.78 is 5.05. The van der Waals surface area contributed by atoms with Gasteiger partial charge in [0.1, 0.15) is 12.0 Å². The van der Waals surface area contributed by atoms with Crippen LogP contribution in [-0.2, 0) is 20.7 Å². The minimum absolute atomic E-state index is 0.0345. The molecule has 0 radical (unpaired) electrons. The number of carbonyl (C=O) groups excluding carboxylic acids is 2. The number of hydrogen-bond donors (Lipinski definition) is 1. The monoisotopic (exact) mass is 454 g/mol. The average molecular weight is 455 g/mol. The van der Waals surface area contributed by atoms with Crippen molar-refractivity contribution in [2.45, 2.75) is 31.6 Å². The normalized spacial score (nSPS) is 20.9. The van der Waals surface area contributed by atoms with Gasteiger partial charge in [0, 0.05) is 25.0 Å². The Hall–Kier alpha value is -2.76. The molecule has 170 valence electrons. The molecule has 2 fully saturated rings. The van der Waals surface area contributed by atoms with Gasteiger partial charge < -0.3 is 19.9 Å². The van der Waals surface area contributed by atoms with Crippen molar-refractivity contribution in [2.75, 3.05) is 38.1 Å². The molecule has 0 saturated carbocycles. The second kappa shape index (κ2) is 11.7. The summed E-state index contributed by atoms with van der Waals surface area (Å²) in [6.45, 7) is 9.20. The van der Waals surface area contributed by atoms with Crippen molar-refractivity contribution < 1.29 is 14.3 Å². The number of nitriles is 1. The van der Waals surface area contributed by atoms with Crippen LogP contribution in [0.2, 0.25) is 0 Å². The number of hydrogen-bond acceptors (Lipinski definition) is 7. The molecule has 0 spiro atoms. The number of likely N-dealkylation sites (N-methyl/N-ethyl adjacent to an activating group) is 1. The average Bonchev–Trinajstić information content (AvgIpc) is 3.43. The van der Waals surface area contributed by atoms with Gasteiger partial charge in [0.15, 0.2) is 5.92 Å². The SMILES string of the molecule is C=CCOC(=O)C(C#N)[C@@H]1S/C(=C/Nc2cccc(CCN3CCCC3)c2)C(=O)N1CC. The number of carbonyl (C=O) groups is 2. The zero-order valence-corrected chi connectivity index (χ0v) is 19.3. The van der Waals surface area contributed by atoms with E-state index in [2.05, 4.69) is 28.9 Å². The molecule has 2 atom stereocenters. The topological polar surface area (TPSA) is 85.7 Å². The van der Waals surface area contributed by atoms with E-state index in [4.69, 9.17) is 4.74 Å². The smallest absolute Gasteiger partial charge is 0.326 e. The predicted molar refractivity (Wildman–Crippen MR) is 127 cm³/mol. The molecule has 7 nitrogen and oxygen atoms in total. The second-order valence-electron chi connectivity index (χ2n) is 7.78. The van der Waals surface area contributed by atoms with Crippen molar-refractivity contribution in [3.63, 3.8) is 0 Å². The van der Waals surface area contributed by atoms with Crippen LogP contribution in [0.15, 0.2) is 48.0 Å². The summed E-state index contributed by atoms with van der Waals surface area (Å²) in [4.78, 5) is 29.6. The molecule has 2 aliphatic rings. The first kappa shape index (κ1) is 23.9. The number of likely N-dealkylation sites (tertiary alicyclic amines) is 1. The highest BCUT2D eigenvalue weighted by molar-refractivity contribution is 8.05. The van der Waals surface area contributed by atoms with Crippen LogP contribution >= 0.6 is 11.8 Å². The number of esters is 1. The van der Waals surface area contributed by atoms with Crippen LogP contribution in [0.4, 0.5) is 5.69 Å². The third-order valence-corrected chi connectivity index (χ3v) is 6.92.